The fourth-order valence-electron chi connectivity index (χ4n) is 3.48. The minimum absolute atomic E-state index is 0.103. The number of nitrogens with one attached hydrogen (secondary N) is 1. The van der Waals surface area contributed by atoms with Crippen LogP contribution in [0.5, 0.6) is 0 Å². The van der Waals surface area contributed by atoms with E-state index in [2.05, 4.69) is 5.32 Å². The van der Waals surface area contributed by atoms with E-state index in [0.717, 1.165) is 41.5 Å². The van der Waals surface area contributed by atoms with Crippen molar-refractivity contribution in [3.8, 4) is 0 Å². The number of hydrogen-bond acceptors (Lipinski definition) is 4. The summed E-state index contributed by atoms with van der Waals surface area (Å²) in [7, 11) is 0. The molecule has 2 atom stereocenters. The molecular formula is C16H22N2O2S. The first kappa shape index (κ1) is 14.7. The number of carbonyl (C=O) groups excluding carboxylic acids is 2. The van der Waals surface area contributed by atoms with Crippen LogP contribution >= 0.6 is 11.3 Å². The second-order valence-corrected chi connectivity index (χ2v) is 7.69. The predicted octanol–water partition coefficient (Wildman–Crippen LogP) is 2.01. The average molecular weight is 306 g/mol. The van der Waals surface area contributed by atoms with E-state index in [0.29, 0.717) is 24.7 Å². The van der Waals surface area contributed by atoms with Gasteiger partial charge in [0.15, 0.2) is 5.78 Å². The van der Waals surface area contributed by atoms with Gasteiger partial charge in [-0.2, -0.15) is 0 Å². The highest BCUT2D eigenvalue weighted by Crippen LogP contribution is 2.27. The maximum absolute atomic E-state index is 12.3. The Kier molecular flexibility index (Phi) is 4.13. The number of rotatable bonds is 4. The molecule has 3 heterocycles. The van der Waals surface area contributed by atoms with Gasteiger partial charge in [-0.3, -0.25) is 9.59 Å². The fraction of sp³-hybridized carbons (Fsp3) is 0.625. The molecule has 21 heavy (non-hydrogen) atoms. The number of likely N-dealkylation sites (tertiary alicyclic amines) is 1. The number of amides is 1. The van der Waals surface area contributed by atoms with Crippen LogP contribution in [-0.4, -0.2) is 42.8 Å². The minimum Gasteiger partial charge on any atom is -0.342 e. The quantitative estimate of drug-likeness (QED) is 0.866. The Balaban J connectivity index is 1.52. The summed E-state index contributed by atoms with van der Waals surface area (Å²) in [4.78, 5) is 28.6. The van der Waals surface area contributed by atoms with Crippen molar-refractivity contribution < 1.29 is 9.59 Å². The average Bonchev–Trinajstić information content (AvgIpc) is 3.09. The molecule has 2 saturated heterocycles. The zero-order valence-electron chi connectivity index (χ0n) is 12.6. The van der Waals surface area contributed by atoms with E-state index in [-0.39, 0.29) is 11.7 Å². The molecule has 114 valence electrons. The standard InChI is InChI=1S/C16H22N2O2S/c1-10-5-14(11(2)21-10)15(19)3-4-16(20)18-8-12-6-17-7-13(12)9-18/h5,12-13,17H,3-4,6-9H2,1-2H3/t12-,13+. The van der Waals surface area contributed by atoms with Crippen LogP contribution < -0.4 is 5.32 Å². The third-order valence-electron chi connectivity index (χ3n) is 4.65. The second-order valence-electron chi connectivity index (χ2n) is 6.23. The topological polar surface area (TPSA) is 49.4 Å². The molecule has 2 fully saturated rings. The molecule has 0 bridgehead atoms. The molecule has 0 aliphatic carbocycles. The maximum atomic E-state index is 12.3. The van der Waals surface area contributed by atoms with Gasteiger partial charge in [0.25, 0.3) is 0 Å². The lowest BCUT2D eigenvalue weighted by Crippen LogP contribution is -2.32. The lowest BCUT2D eigenvalue weighted by Gasteiger charge is -2.17. The lowest BCUT2D eigenvalue weighted by atomic mass is 10.0. The molecule has 1 amide bonds. The molecular weight excluding hydrogens is 284 g/mol. The molecule has 1 N–H and O–H groups in total. The summed E-state index contributed by atoms with van der Waals surface area (Å²) in [5, 5.41) is 3.37. The van der Waals surface area contributed by atoms with Gasteiger partial charge in [-0.15, -0.1) is 11.3 Å². The number of ketones is 1. The third-order valence-corrected chi connectivity index (χ3v) is 5.62. The zero-order valence-corrected chi connectivity index (χ0v) is 13.5. The first-order valence-corrected chi connectivity index (χ1v) is 8.45. The Labute approximate surface area is 129 Å². The van der Waals surface area contributed by atoms with Crippen molar-refractivity contribution in [3.63, 3.8) is 0 Å². The van der Waals surface area contributed by atoms with Gasteiger partial charge in [-0.1, -0.05) is 0 Å². The van der Waals surface area contributed by atoms with Crippen molar-refractivity contribution in [1.82, 2.24) is 10.2 Å². The van der Waals surface area contributed by atoms with Crippen LogP contribution in [0.2, 0.25) is 0 Å². The molecule has 4 nitrogen and oxygen atoms in total. The number of carbonyl (C=O) groups is 2. The molecule has 2 aliphatic rings. The van der Waals surface area contributed by atoms with Crippen LogP contribution in [0.3, 0.4) is 0 Å². The largest absolute Gasteiger partial charge is 0.342 e. The van der Waals surface area contributed by atoms with E-state index in [1.165, 1.54) is 0 Å². The highest BCUT2D eigenvalue weighted by molar-refractivity contribution is 7.12. The number of fused-ring (bicyclic) bond motifs is 1. The molecule has 0 unspecified atom stereocenters. The predicted molar refractivity (Wildman–Crippen MR) is 83.8 cm³/mol. The maximum Gasteiger partial charge on any atom is 0.223 e. The van der Waals surface area contributed by atoms with Gasteiger partial charge in [-0.25, -0.2) is 0 Å². The summed E-state index contributed by atoms with van der Waals surface area (Å²) in [6.07, 6.45) is 0.681. The molecule has 0 saturated carbocycles. The summed E-state index contributed by atoms with van der Waals surface area (Å²) >= 11 is 1.65. The van der Waals surface area contributed by atoms with Crippen molar-refractivity contribution in [2.75, 3.05) is 26.2 Å². The Hall–Kier alpha value is -1.20. The van der Waals surface area contributed by atoms with Gasteiger partial charge in [-0.05, 0) is 31.7 Å². The number of aryl methyl sites for hydroxylation is 2. The van der Waals surface area contributed by atoms with E-state index < -0.39 is 0 Å². The van der Waals surface area contributed by atoms with E-state index in [4.69, 9.17) is 0 Å². The van der Waals surface area contributed by atoms with Crippen molar-refractivity contribution >= 4 is 23.0 Å². The molecule has 2 aliphatic heterocycles. The van der Waals surface area contributed by atoms with E-state index in [1.54, 1.807) is 11.3 Å². The summed E-state index contributed by atoms with van der Waals surface area (Å²) in [5.41, 5.74) is 0.799. The monoisotopic (exact) mass is 306 g/mol. The highest BCUT2D eigenvalue weighted by atomic mass is 32.1. The van der Waals surface area contributed by atoms with Gasteiger partial charge >= 0.3 is 0 Å². The Bertz CT molecular complexity index is 555. The molecule has 0 aromatic carbocycles. The summed E-state index contributed by atoms with van der Waals surface area (Å²) < 4.78 is 0. The SMILES string of the molecule is Cc1cc(C(=O)CCC(=O)N2C[C@H]3CNC[C@H]3C2)c(C)s1. The molecule has 1 aromatic heterocycles. The number of thiophene rings is 1. The number of nitrogens with zero attached hydrogens (tertiary/aromatic N) is 1. The summed E-state index contributed by atoms with van der Waals surface area (Å²) in [6, 6.07) is 1.94. The number of Topliss-reactive ketones (excluding diaryl/α,β-unsaturated/α-hetero) is 1. The van der Waals surface area contributed by atoms with E-state index in [9.17, 15) is 9.59 Å². The fourth-order valence-corrected chi connectivity index (χ4v) is 4.42. The summed E-state index contributed by atoms with van der Waals surface area (Å²) in [5.74, 6) is 1.48. The van der Waals surface area contributed by atoms with Gasteiger partial charge in [0.2, 0.25) is 5.91 Å². The first-order valence-electron chi connectivity index (χ1n) is 7.63. The molecule has 1 aromatic rings. The van der Waals surface area contributed by atoms with Crippen LogP contribution in [0.25, 0.3) is 0 Å². The highest BCUT2D eigenvalue weighted by Gasteiger charge is 2.37. The van der Waals surface area contributed by atoms with Crippen LogP contribution in [0, 0.1) is 25.7 Å². The van der Waals surface area contributed by atoms with E-state index >= 15 is 0 Å². The second kappa shape index (κ2) is 5.89. The van der Waals surface area contributed by atoms with Crippen LogP contribution in [0.1, 0.15) is 33.0 Å². The van der Waals surface area contributed by atoms with Crippen molar-refractivity contribution in [2.24, 2.45) is 11.8 Å². The zero-order chi connectivity index (χ0) is 15.0. The normalized spacial score (nSPS) is 24.4. The Morgan fingerprint density at radius 3 is 2.48 bits per heavy atom. The van der Waals surface area contributed by atoms with Crippen LogP contribution in [0.4, 0.5) is 0 Å². The Morgan fingerprint density at radius 2 is 1.90 bits per heavy atom. The first-order chi connectivity index (χ1) is 10.0. The molecule has 3 rings (SSSR count). The van der Waals surface area contributed by atoms with Gasteiger partial charge in [0, 0.05) is 54.3 Å². The van der Waals surface area contributed by atoms with Crippen molar-refractivity contribution in [3.05, 3.63) is 21.4 Å². The smallest absolute Gasteiger partial charge is 0.223 e. The van der Waals surface area contributed by atoms with Crippen LogP contribution in [-0.2, 0) is 4.79 Å². The molecule has 5 heteroatoms. The van der Waals surface area contributed by atoms with Gasteiger partial charge in [0.1, 0.15) is 0 Å². The van der Waals surface area contributed by atoms with Gasteiger partial charge < -0.3 is 10.2 Å². The summed E-state index contributed by atoms with van der Waals surface area (Å²) in [6.45, 7) is 7.77. The molecule has 0 spiro atoms. The number of hydrogen-bond donors (Lipinski definition) is 1. The van der Waals surface area contributed by atoms with Crippen molar-refractivity contribution in [1.29, 1.82) is 0 Å². The molecule has 0 radical (unpaired) electrons. The lowest BCUT2D eigenvalue weighted by molar-refractivity contribution is -0.130. The van der Waals surface area contributed by atoms with E-state index in [1.807, 2.05) is 24.8 Å². The van der Waals surface area contributed by atoms with Crippen molar-refractivity contribution in [2.45, 2.75) is 26.7 Å². The van der Waals surface area contributed by atoms with Gasteiger partial charge in [0.05, 0.1) is 0 Å². The third kappa shape index (κ3) is 3.04. The Morgan fingerprint density at radius 1 is 1.24 bits per heavy atom. The van der Waals surface area contributed by atoms with Crippen LogP contribution in [0.15, 0.2) is 6.07 Å². The minimum atomic E-state index is 0.103.